The zero-order valence-electron chi connectivity index (χ0n) is 14.8. The number of hydrogen-bond donors (Lipinski definition) is 2. The molecule has 0 radical (unpaired) electrons. The quantitative estimate of drug-likeness (QED) is 0.665. The summed E-state index contributed by atoms with van der Waals surface area (Å²) in [6, 6.07) is 16.2. The van der Waals surface area contributed by atoms with Gasteiger partial charge in [-0.1, -0.05) is 48.0 Å². The van der Waals surface area contributed by atoms with Crippen LogP contribution in [0.3, 0.4) is 0 Å². The van der Waals surface area contributed by atoms with Crippen molar-refractivity contribution < 1.29 is 14.0 Å². The molecule has 0 unspecified atom stereocenters. The highest BCUT2D eigenvalue weighted by molar-refractivity contribution is 6.31. The SMILES string of the molecule is O=C(NCc1ccccc1F)c1ccnc(C(=O)NCc2ccccc2Cl)c1. The number of halogens is 2. The average Bonchev–Trinajstić information content (AvgIpc) is 2.72. The molecule has 0 saturated carbocycles. The minimum Gasteiger partial charge on any atom is -0.348 e. The van der Waals surface area contributed by atoms with E-state index >= 15 is 0 Å². The van der Waals surface area contributed by atoms with Crippen LogP contribution in [0, 0.1) is 5.82 Å². The zero-order chi connectivity index (χ0) is 19.9. The van der Waals surface area contributed by atoms with Crippen molar-refractivity contribution in [1.82, 2.24) is 15.6 Å². The number of rotatable bonds is 6. The number of hydrogen-bond acceptors (Lipinski definition) is 3. The van der Waals surface area contributed by atoms with Crippen LogP contribution >= 0.6 is 11.6 Å². The maximum absolute atomic E-state index is 13.6. The van der Waals surface area contributed by atoms with E-state index in [-0.39, 0.29) is 24.3 Å². The van der Waals surface area contributed by atoms with Crippen LogP contribution in [0.2, 0.25) is 5.02 Å². The summed E-state index contributed by atoms with van der Waals surface area (Å²) in [6.07, 6.45) is 1.38. The molecule has 142 valence electrons. The molecule has 3 rings (SSSR count). The minimum atomic E-state index is -0.427. The van der Waals surface area contributed by atoms with Gasteiger partial charge in [0.05, 0.1) is 0 Å². The third-order valence-electron chi connectivity index (χ3n) is 4.05. The number of aromatic nitrogens is 1. The van der Waals surface area contributed by atoms with E-state index in [1.165, 1.54) is 24.4 Å². The molecule has 0 aliphatic heterocycles. The summed E-state index contributed by atoms with van der Waals surface area (Å²) >= 11 is 6.07. The van der Waals surface area contributed by atoms with Gasteiger partial charge < -0.3 is 10.6 Å². The van der Waals surface area contributed by atoms with Crippen molar-refractivity contribution in [2.75, 3.05) is 0 Å². The fourth-order valence-corrected chi connectivity index (χ4v) is 2.73. The summed E-state index contributed by atoms with van der Waals surface area (Å²) in [6.45, 7) is 0.283. The van der Waals surface area contributed by atoms with E-state index in [4.69, 9.17) is 11.6 Å². The van der Waals surface area contributed by atoms with Gasteiger partial charge in [-0.2, -0.15) is 0 Å². The number of nitrogens with one attached hydrogen (secondary N) is 2. The summed E-state index contributed by atoms with van der Waals surface area (Å²) in [7, 11) is 0. The normalized spacial score (nSPS) is 10.4. The number of carbonyl (C=O) groups is 2. The minimum absolute atomic E-state index is 0.0435. The van der Waals surface area contributed by atoms with Crippen LogP contribution in [0.15, 0.2) is 66.9 Å². The Morgan fingerprint density at radius 2 is 1.54 bits per heavy atom. The smallest absolute Gasteiger partial charge is 0.270 e. The fraction of sp³-hybridized carbons (Fsp3) is 0.0952. The van der Waals surface area contributed by atoms with Gasteiger partial charge in [0.15, 0.2) is 0 Å². The van der Waals surface area contributed by atoms with Crippen molar-refractivity contribution in [3.05, 3.63) is 100 Å². The molecule has 1 aromatic heterocycles. The van der Waals surface area contributed by atoms with Crippen LogP contribution < -0.4 is 10.6 Å². The number of nitrogens with zero attached hydrogens (tertiary/aromatic N) is 1. The summed E-state index contributed by atoms with van der Waals surface area (Å²) in [5.41, 5.74) is 1.51. The molecule has 7 heteroatoms. The van der Waals surface area contributed by atoms with Gasteiger partial charge in [0, 0.05) is 35.4 Å². The lowest BCUT2D eigenvalue weighted by atomic mass is 10.1. The first-order valence-electron chi connectivity index (χ1n) is 8.54. The molecule has 0 spiro atoms. The standard InChI is InChI=1S/C21H17ClFN3O2/c22-17-7-3-1-5-15(17)12-26-21(28)19-11-14(9-10-24-19)20(27)25-13-16-6-2-4-8-18(16)23/h1-11H,12-13H2,(H,25,27)(H,26,28). The van der Waals surface area contributed by atoms with Gasteiger partial charge >= 0.3 is 0 Å². The van der Waals surface area contributed by atoms with E-state index in [0.29, 0.717) is 10.6 Å². The Hall–Kier alpha value is -3.25. The van der Waals surface area contributed by atoms with Crippen LogP contribution in [0.5, 0.6) is 0 Å². The average molecular weight is 398 g/mol. The molecule has 0 aliphatic rings. The Labute approximate surface area is 166 Å². The predicted molar refractivity (Wildman–Crippen MR) is 104 cm³/mol. The lowest BCUT2D eigenvalue weighted by molar-refractivity contribution is 0.0946. The van der Waals surface area contributed by atoms with Gasteiger partial charge in [-0.3, -0.25) is 14.6 Å². The molecule has 2 N–H and O–H groups in total. The van der Waals surface area contributed by atoms with E-state index in [9.17, 15) is 14.0 Å². The van der Waals surface area contributed by atoms with Crippen molar-refractivity contribution in [3.63, 3.8) is 0 Å². The maximum atomic E-state index is 13.6. The second kappa shape index (κ2) is 9.10. The summed E-state index contributed by atoms with van der Waals surface area (Å²) in [5.74, 6) is -1.24. The lowest BCUT2D eigenvalue weighted by Crippen LogP contribution is -2.26. The molecule has 0 saturated heterocycles. The van der Waals surface area contributed by atoms with Crippen molar-refractivity contribution in [1.29, 1.82) is 0 Å². The Balaban J connectivity index is 1.62. The lowest BCUT2D eigenvalue weighted by Gasteiger charge is -2.09. The van der Waals surface area contributed by atoms with Gasteiger partial charge in [0.1, 0.15) is 11.5 Å². The van der Waals surface area contributed by atoms with Gasteiger partial charge in [-0.15, -0.1) is 0 Å². The number of pyridine rings is 1. The molecule has 3 aromatic rings. The molecular formula is C21H17ClFN3O2. The van der Waals surface area contributed by atoms with E-state index < -0.39 is 17.6 Å². The van der Waals surface area contributed by atoms with E-state index in [0.717, 1.165) is 5.56 Å². The number of benzene rings is 2. The van der Waals surface area contributed by atoms with Gasteiger partial charge in [0.2, 0.25) is 0 Å². The second-order valence-corrected chi connectivity index (χ2v) is 6.39. The third-order valence-corrected chi connectivity index (χ3v) is 4.42. The Morgan fingerprint density at radius 1 is 0.893 bits per heavy atom. The second-order valence-electron chi connectivity index (χ2n) is 5.98. The molecule has 0 bridgehead atoms. The van der Waals surface area contributed by atoms with Crippen molar-refractivity contribution in [2.24, 2.45) is 0 Å². The van der Waals surface area contributed by atoms with Crippen LogP contribution in [-0.2, 0) is 13.1 Å². The molecule has 0 atom stereocenters. The van der Waals surface area contributed by atoms with Crippen molar-refractivity contribution >= 4 is 23.4 Å². The van der Waals surface area contributed by atoms with Crippen molar-refractivity contribution in [3.8, 4) is 0 Å². The first-order chi connectivity index (χ1) is 13.5. The highest BCUT2D eigenvalue weighted by atomic mass is 35.5. The molecule has 5 nitrogen and oxygen atoms in total. The molecule has 28 heavy (non-hydrogen) atoms. The topological polar surface area (TPSA) is 71.1 Å². The maximum Gasteiger partial charge on any atom is 0.270 e. The molecule has 2 aromatic carbocycles. The summed E-state index contributed by atoms with van der Waals surface area (Å²) in [5, 5.41) is 5.90. The highest BCUT2D eigenvalue weighted by Crippen LogP contribution is 2.14. The largest absolute Gasteiger partial charge is 0.348 e. The van der Waals surface area contributed by atoms with Crippen LogP contribution in [-0.4, -0.2) is 16.8 Å². The van der Waals surface area contributed by atoms with Crippen LogP contribution in [0.25, 0.3) is 0 Å². The van der Waals surface area contributed by atoms with E-state index in [2.05, 4.69) is 15.6 Å². The Bertz CT molecular complexity index is 933. The predicted octanol–water partition coefficient (Wildman–Crippen LogP) is 3.73. The van der Waals surface area contributed by atoms with Gasteiger partial charge in [0.25, 0.3) is 11.8 Å². The molecular weight excluding hydrogens is 381 g/mol. The molecule has 2 amide bonds. The fourth-order valence-electron chi connectivity index (χ4n) is 2.52. The van der Waals surface area contributed by atoms with Crippen LogP contribution in [0.1, 0.15) is 32.0 Å². The molecule has 1 heterocycles. The van der Waals surface area contributed by atoms with Gasteiger partial charge in [-0.05, 0) is 29.8 Å². The monoisotopic (exact) mass is 397 g/mol. The zero-order valence-corrected chi connectivity index (χ0v) is 15.5. The summed E-state index contributed by atoms with van der Waals surface area (Å²) < 4.78 is 13.6. The molecule has 0 fully saturated rings. The highest BCUT2D eigenvalue weighted by Gasteiger charge is 2.13. The third kappa shape index (κ3) is 4.92. The first-order valence-corrected chi connectivity index (χ1v) is 8.91. The Kier molecular flexibility index (Phi) is 6.34. The van der Waals surface area contributed by atoms with E-state index in [1.54, 1.807) is 30.3 Å². The van der Waals surface area contributed by atoms with Gasteiger partial charge in [-0.25, -0.2) is 4.39 Å². The summed E-state index contributed by atoms with van der Waals surface area (Å²) in [4.78, 5) is 28.7. The number of carbonyl (C=O) groups excluding carboxylic acids is 2. The first kappa shape index (κ1) is 19.5. The Morgan fingerprint density at radius 3 is 2.29 bits per heavy atom. The van der Waals surface area contributed by atoms with Crippen LogP contribution in [0.4, 0.5) is 4.39 Å². The molecule has 0 aliphatic carbocycles. The van der Waals surface area contributed by atoms with E-state index in [1.807, 2.05) is 12.1 Å². The van der Waals surface area contributed by atoms with Crippen molar-refractivity contribution in [2.45, 2.75) is 13.1 Å². The number of amides is 2.